The van der Waals surface area contributed by atoms with Crippen molar-refractivity contribution in [3.05, 3.63) is 17.7 Å². The maximum Gasteiger partial charge on any atom is 0.338 e. The normalized spacial score (nSPS) is 11.2. The second-order valence-electron chi connectivity index (χ2n) is 3.05. The highest BCUT2D eigenvalue weighted by Gasteiger charge is 2.23. The van der Waals surface area contributed by atoms with Crippen molar-refractivity contribution in [2.75, 3.05) is 6.61 Å². The van der Waals surface area contributed by atoms with Crippen LogP contribution in [0, 0.1) is 0 Å². The lowest BCUT2D eigenvalue weighted by atomic mass is 10.2. The predicted octanol–water partition coefficient (Wildman–Crippen LogP) is 2.33. The van der Waals surface area contributed by atoms with E-state index in [1.54, 1.807) is 0 Å². The number of ether oxygens (including phenoxy) is 1. The van der Waals surface area contributed by atoms with Crippen LogP contribution in [-0.2, 0) is 4.74 Å². The Labute approximate surface area is 111 Å². The summed E-state index contributed by atoms with van der Waals surface area (Å²) in [5.41, 5.74) is -0.188. The third kappa shape index (κ3) is 4.03. The van der Waals surface area contributed by atoms with Gasteiger partial charge in [0.1, 0.15) is 6.61 Å². The number of alkyl halides is 3. The van der Waals surface area contributed by atoms with Crippen LogP contribution in [0.25, 0.3) is 0 Å². The molecule has 3 N–H and O–H groups in total. The first kappa shape index (κ1) is 14.0. The average molecular weight is 302 g/mol. The van der Waals surface area contributed by atoms with Gasteiger partial charge in [-0.25, -0.2) is 4.79 Å². The first-order valence-corrected chi connectivity index (χ1v) is 5.33. The van der Waals surface area contributed by atoms with Gasteiger partial charge >= 0.3 is 5.97 Å². The second kappa shape index (κ2) is 5.08. The molecule has 0 radical (unpaired) electrons. The molecule has 0 saturated carbocycles. The van der Waals surface area contributed by atoms with E-state index in [0.29, 0.717) is 0 Å². The van der Waals surface area contributed by atoms with Gasteiger partial charge in [-0.3, -0.25) is 0 Å². The maximum atomic E-state index is 11.4. The lowest BCUT2D eigenvalue weighted by Crippen LogP contribution is -2.17. The summed E-state index contributed by atoms with van der Waals surface area (Å²) in [4.78, 5) is 11.4. The Morgan fingerprint density at radius 2 is 1.65 bits per heavy atom. The van der Waals surface area contributed by atoms with Crippen LogP contribution in [0.3, 0.4) is 0 Å². The fraction of sp³-hybridized carbons (Fsp3) is 0.222. The van der Waals surface area contributed by atoms with E-state index in [9.17, 15) is 4.79 Å². The van der Waals surface area contributed by atoms with E-state index in [1.807, 2.05) is 0 Å². The molecule has 0 atom stereocenters. The van der Waals surface area contributed by atoms with Gasteiger partial charge in [-0.2, -0.15) is 0 Å². The molecule has 0 amide bonds. The zero-order chi connectivity index (χ0) is 13.2. The topological polar surface area (TPSA) is 87.0 Å². The van der Waals surface area contributed by atoms with Gasteiger partial charge < -0.3 is 20.1 Å². The summed E-state index contributed by atoms with van der Waals surface area (Å²) in [6, 6.07) is 1.82. The molecule has 0 aliphatic carbocycles. The number of aromatic hydroxyl groups is 3. The van der Waals surface area contributed by atoms with Crippen LogP contribution in [-0.4, -0.2) is 31.7 Å². The lowest BCUT2D eigenvalue weighted by Gasteiger charge is -2.11. The number of benzene rings is 1. The summed E-state index contributed by atoms with van der Waals surface area (Å²) >= 11 is 16.1. The summed E-state index contributed by atoms with van der Waals surface area (Å²) < 4.78 is 2.85. The number of carbonyl (C=O) groups excluding carboxylic acids is 1. The molecule has 0 saturated heterocycles. The van der Waals surface area contributed by atoms with Crippen LogP contribution in [0.2, 0.25) is 0 Å². The Bertz CT molecular complexity index is 418. The van der Waals surface area contributed by atoms with Crippen LogP contribution >= 0.6 is 34.8 Å². The van der Waals surface area contributed by atoms with Crippen molar-refractivity contribution in [3.8, 4) is 17.2 Å². The molecule has 94 valence electrons. The molecule has 1 rings (SSSR count). The fourth-order valence-corrected chi connectivity index (χ4v) is 1.12. The molecule has 0 fully saturated rings. The van der Waals surface area contributed by atoms with Crippen LogP contribution in [0.5, 0.6) is 17.2 Å². The van der Waals surface area contributed by atoms with E-state index in [0.717, 1.165) is 12.1 Å². The zero-order valence-electron chi connectivity index (χ0n) is 8.15. The van der Waals surface area contributed by atoms with Crippen molar-refractivity contribution in [2.45, 2.75) is 3.79 Å². The molecule has 0 heterocycles. The number of hydrogen-bond acceptors (Lipinski definition) is 5. The first-order valence-electron chi connectivity index (χ1n) is 4.19. The molecule has 0 aliphatic rings. The highest BCUT2D eigenvalue weighted by Crippen LogP contribution is 2.35. The Hall–Kier alpha value is -1.04. The molecule has 0 aliphatic heterocycles. The minimum absolute atomic E-state index is 0.188. The van der Waals surface area contributed by atoms with Gasteiger partial charge in [0.15, 0.2) is 17.2 Å². The smallest absolute Gasteiger partial charge is 0.338 e. The number of rotatable bonds is 2. The standard InChI is InChI=1S/C9H7Cl3O5/c10-9(11,12)3-17-8(16)4-1-5(13)7(15)6(14)2-4/h1-2,13-15H,3H2. The van der Waals surface area contributed by atoms with E-state index in [4.69, 9.17) is 50.1 Å². The number of esters is 1. The second-order valence-corrected chi connectivity index (χ2v) is 5.57. The molecule has 5 nitrogen and oxygen atoms in total. The van der Waals surface area contributed by atoms with Gasteiger partial charge in [-0.1, -0.05) is 34.8 Å². The third-order valence-electron chi connectivity index (χ3n) is 1.67. The van der Waals surface area contributed by atoms with Gasteiger partial charge in [-0.05, 0) is 12.1 Å². The van der Waals surface area contributed by atoms with Gasteiger partial charge in [-0.15, -0.1) is 0 Å². The van der Waals surface area contributed by atoms with Crippen molar-refractivity contribution >= 4 is 40.8 Å². The summed E-state index contributed by atoms with van der Waals surface area (Å²) in [6.07, 6.45) is 0. The molecule has 1 aromatic carbocycles. The fourth-order valence-electron chi connectivity index (χ4n) is 0.953. The number of phenolic OH excluding ortho intramolecular Hbond substituents is 3. The van der Waals surface area contributed by atoms with Crippen molar-refractivity contribution in [2.24, 2.45) is 0 Å². The van der Waals surface area contributed by atoms with Crippen molar-refractivity contribution in [1.29, 1.82) is 0 Å². The van der Waals surface area contributed by atoms with Gasteiger partial charge in [0.05, 0.1) is 5.56 Å². The van der Waals surface area contributed by atoms with E-state index in [1.165, 1.54) is 0 Å². The van der Waals surface area contributed by atoms with Crippen molar-refractivity contribution < 1.29 is 24.9 Å². The molecular weight excluding hydrogens is 294 g/mol. The Balaban J connectivity index is 2.84. The van der Waals surface area contributed by atoms with E-state index >= 15 is 0 Å². The molecule has 1 aromatic rings. The van der Waals surface area contributed by atoms with E-state index < -0.39 is 33.6 Å². The molecule has 17 heavy (non-hydrogen) atoms. The van der Waals surface area contributed by atoms with Crippen LogP contribution in [0.4, 0.5) is 0 Å². The Morgan fingerprint density at radius 3 is 2.06 bits per heavy atom. The maximum absolute atomic E-state index is 11.4. The monoisotopic (exact) mass is 300 g/mol. The molecular formula is C9H7Cl3O5. The Kier molecular flexibility index (Phi) is 4.19. The predicted molar refractivity (Wildman–Crippen MR) is 62.0 cm³/mol. The SMILES string of the molecule is O=C(OCC(Cl)(Cl)Cl)c1cc(O)c(O)c(O)c1. The van der Waals surface area contributed by atoms with Gasteiger partial charge in [0, 0.05) is 0 Å². The van der Waals surface area contributed by atoms with Gasteiger partial charge in [0.25, 0.3) is 0 Å². The van der Waals surface area contributed by atoms with Crippen LogP contribution < -0.4 is 0 Å². The van der Waals surface area contributed by atoms with Gasteiger partial charge in [0.2, 0.25) is 3.79 Å². The molecule has 8 heteroatoms. The number of phenols is 3. The van der Waals surface area contributed by atoms with Crippen molar-refractivity contribution in [1.82, 2.24) is 0 Å². The summed E-state index contributed by atoms with van der Waals surface area (Å²) in [5, 5.41) is 27.4. The molecule has 0 spiro atoms. The first-order chi connectivity index (χ1) is 7.70. The summed E-state index contributed by atoms with van der Waals surface area (Å²) in [5.74, 6) is -2.97. The molecule has 0 aromatic heterocycles. The van der Waals surface area contributed by atoms with Crippen LogP contribution in [0.15, 0.2) is 12.1 Å². The minimum atomic E-state index is -1.75. The highest BCUT2D eigenvalue weighted by atomic mass is 35.6. The number of hydrogen-bond donors (Lipinski definition) is 3. The Morgan fingerprint density at radius 1 is 1.18 bits per heavy atom. The quantitative estimate of drug-likeness (QED) is 0.443. The summed E-state index contributed by atoms with van der Waals surface area (Å²) in [6.45, 7) is -0.487. The van der Waals surface area contributed by atoms with E-state index in [-0.39, 0.29) is 5.56 Å². The lowest BCUT2D eigenvalue weighted by molar-refractivity contribution is 0.0511. The number of halogens is 3. The van der Waals surface area contributed by atoms with E-state index in [2.05, 4.69) is 4.74 Å². The third-order valence-corrected chi connectivity index (χ3v) is 2.00. The summed E-state index contributed by atoms with van der Waals surface area (Å²) in [7, 11) is 0. The molecule has 0 bridgehead atoms. The van der Waals surface area contributed by atoms with Crippen molar-refractivity contribution in [3.63, 3.8) is 0 Å². The number of carbonyl (C=O) groups is 1. The average Bonchev–Trinajstić information content (AvgIpc) is 2.20. The largest absolute Gasteiger partial charge is 0.504 e. The molecule has 0 unspecified atom stereocenters. The zero-order valence-corrected chi connectivity index (χ0v) is 10.4. The minimum Gasteiger partial charge on any atom is -0.504 e. The highest BCUT2D eigenvalue weighted by molar-refractivity contribution is 6.67. The van der Waals surface area contributed by atoms with Crippen LogP contribution in [0.1, 0.15) is 10.4 Å².